The van der Waals surface area contributed by atoms with Crippen LogP contribution in [0, 0.1) is 30.1 Å². The number of nitrogens with one attached hydrogen (secondary N) is 2. The Morgan fingerprint density at radius 2 is 1.77 bits per heavy atom. The normalized spacial score (nSPS) is 32.2. The van der Waals surface area contributed by atoms with Crippen LogP contribution in [0.5, 0.6) is 0 Å². The van der Waals surface area contributed by atoms with Gasteiger partial charge in [-0.25, -0.2) is 8.42 Å². The van der Waals surface area contributed by atoms with Crippen LogP contribution < -0.4 is 10.0 Å². The molecule has 2 N–H and O–H groups in total. The van der Waals surface area contributed by atoms with Gasteiger partial charge < -0.3 is 5.32 Å². The van der Waals surface area contributed by atoms with Crippen molar-refractivity contribution in [3.05, 3.63) is 29.8 Å². The summed E-state index contributed by atoms with van der Waals surface area (Å²) in [5, 5.41) is 3.28. The zero-order valence-corrected chi connectivity index (χ0v) is 15.5. The molecule has 4 fully saturated rings. The minimum Gasteiger partial charge on any atom is -0.347 e. The minimum absolute atomic E-state index is 0.0610. The van der Waals surface area contributed by atoms with Crippen molar-refractivity contribution in [1.82, 2.24) is 10.0 Å². The highest BCUT2D eigenvalue weighted by molar-refractivity contribution is 7.89. The molecule has 138 valence electrons. The number of carbonyl (C=O) groups excluding carboxylic acids is 1. The Kier molecular flexibility index (Phi) is 4.32. The fraction of sp³-hybridized carbons (Fsp3) is 0.550. The summed E-state index contributed by atoms with van der Waals surface area (Å²) in [6.07, 6.45) is 12.2. The fourth-order valence-electron chi connectivity index (χ4n) is 5.60. The van der Waals surface area contributed by atoms with Crippen LogP contribution in [0.4, 0.5) is 0 Å². The number of hydrogen-bond acceptors (Lipinski definition) is 3. The Labute approximate surface area is 155 Å². The molecule has 4 bridgehead atoms. The van der Waals surface area contributed by atoms with Crippen molar-refractivity contribution in [3.8, 4) is 12.3 Å². The molecule has 0 heterocycles. The molecule has 5 rings (SSSR count). The summed E-state index contributed by atoms with van der Waals surface area (Å²) in [6, 6.07) is 6.16. The number of rotatable bonds is 5. The van der Waals surface area contributed by atoms with E-state index in [1.165, 1.54) is 31.4 Å². The number of carbonyl (C=O) groups is 1. The molecule has 4 aliphatic rings. The van der Waals surface area contributed by atoms with Gasteiger partial charge >= 0.3 is 0 Å². The van der Waals surface area contributed by atoms with E-state index in [9.17, 15) is 13.2 Å². The Balaban J connectivity index is 1.52. The zero-order chi connectivity index (χ0) is 18.4. The summed E-state index contributed by atoms with van der Waals surface area (Å²) in [5.74, 6) is 4.28. The Morgan fingerprint density at radius 1 is 1.15 bits per heavy atom. The van der Waals surface area contributed by atoms with Crippen molar-refractivity contribution in [2.24, 2.45) is 17.8 Å². The Bertz CT molecular complexity index is 834. The van der Waals surface area contributed by atoms with Gasteiger partial charge in [0.05, 0.1) is 11.4 Å². The molecule has 6 heteroatoms. The van der Waals surface area contributed by atoms with Gasteiger partial charge in [0.2, 0.25) is 10.0 Å². The van der Waals surface area contributed by atoms with Crippen molar-refractivity contribution in [2.45, 2.75) is 49.0 Å². The molecule has 0 saturated heterocycles. The monoisotopic (exact) mass is 372 g/mol. The van der Waals surface area contributed by atoms with Gasteiger partial charge in [-0.1, -0.05) is 12.0 Å². The number of benzene rings is 1. The predicted octanol–water partition coefficient (Wildman–Crippen LogP) is 2.30. The van der Waals surface area contributed by atoms with Crippen LogP contribution in [0.2, 0.25) is 0 Å². The maximum atomic E-state index is 12.9. The van der Waals surface area contributed by atoms with E-state index in [-0.39, 0.29) is 22.9 Å². The second-order valence-electron chi connectivity index (χ2n) is 8.21. The van der Waals surface area contributed by atoms with Gasteiger partial charge in [0, 0.05) is 11.1 Å². The Morgan fingerprint density at radius 3 is 2.35 bits per heavy atom. The van der Waals surface area contributed by atoms with Gasteiger partial charge in [-0.15, -0.1) is 6.42 Å². The van der Waals surface area contributed by atoms with E-state index in [2.05, 4.69) is 16.0 Å². The van der Waals surface area contributed by atoms with Crippen LogP contribution in [0.1, 0.15) is 48.9 Å². The van der Waals surface area contributed by atoms with Gasteiger partial charge in [-0.05, 0) is 74.5 Å². The van der Waals surface area contributed by atoms with Gasteiger partial charge in [-0.2, -0.15) is 4.72 Å². The van der Waals surface area contributed by atoms with E-state index in [0.29, 0.717) is 5.56 Å². The average molecular weight is 372 g/mol. The van der Waals surface area contributed by atoms with E-state index in [0.717, 1.165) is 37.0 Å². The number of sulfonamides is 1. The third-order valence-corrected chi connectivity index (χ3v) is 7.59. The highest BCUT2D eigenvalue weighted by Gasteiger charge is 2.51. The number of amides is 1. The van der Waals surface area contributed by atoms with Crippen molar-refractivity contribution in [1.29, 1.82) is 0 Å². The quantitative estimate of drug-likeness (QED) is 0.779. The van der Waals surface area contributed by atoms with E-state index >= 15 is 0 Å². The van der Waals surface area contributed by atoms with Crippen molar-refractivity contribution in [2.75, 3.05) is 6.54 Å². The first-order valence-corrected chi connectivity index (χ1v) is 10.7. The van der Waals surface area contributed by atoms with Crippen LogP contribution in [-0.2, 0) is 10.0 Å². The lowest BCUT2D eigenvalue weighted by Crippen LogP contribution is -2.59. The summed E-state index contributed by atoms with van der Waals surface area (Å²) in [7, 11) is -3.70. The standard InChI is InChI=1S/C20H24N2O3S/c1-2-6-21-26(24,25)18-5-3-4-17(10-18)19(23)22-20-11-14-7-15(12-20)9-16(8-14)13-20/h1,3-5,10,14-16,21H,6-9,11-13H2,(H,22,23). The molecular weight excluding hydrogens is 348 g/mol. The highest BCUT2D eigenvalue weighted by atomic mass is 32.2. The van der Waals surface area contributed by atoms with Gasteiger partial charge in [0.15, 0.2) is 0 Å². The molecule has 0 aliphatic heterocycles. The fourth-order valence-corrected chi connectivity index (χ4v) is 6.58. The second kappa shape index (κ2) is 6.40. The summed E-state index contributed by atoms with van der Waals surface area (Å²) in [5.41, 5.74) is 0.284. The first-order chi connectivity index (χ1) is 12.4. The SMILES string of the molecule is C#CCNS(=O)(=O)c1cccc(C(=O)NC23CC4CC(CC(C4)C2)C3)c1. The maximum absolute atomic E-state index is 12.9. The van der Waals surface area contributed by atoms with Crippen LogP contribution in [0.3, 0.4) is 0 Å². The van der Waals surface area contributed by atoms with Crippen LogP contribution in [0.25, 0.3) is 0 Å². The van der Waals surface area contributed by atoms with Crippen molar-refractivity contribution >= 4 is 15.9 Å². The molecule has 4 aliphatic carbocycles. The summed E-state index contributed by atoms with van der Waals surface area (Å²) >= 11 is 0. The lowest BCUT2D eigenvalue weighted by atomic mass is 9.53. The molecule has 1 aromatic rings. The molecule has 1 aromatic carbocycles. The molecule has 4 saturated carbocycles. The highest BCUT2D eigenvalue weighted by Crippen LogP contribution is 2.55. The van der Waals surface area contributed by atoms with Gasteiger partial charge in [0.1, 0.15) is 0 Å². The maximum Gasteiger partial charge on any atom is 0.251 e. The summed E-state index contributed by atoms with van der Waals surface area (Å²) < 4.78 is 26.8. The number of hydrogen-bond donors (Lipinski definition) is 2. The van der Waals surface area contributed by atoms with Crippen LogP contribution >= 0.6 is 0 Å². The van der Waals surface area contributed by atoms with Crippen molar-refractivity contribution in [3.63, 3.8) is 0 Å². The molecule has 0 atom stereocenters. The van der Waals surface area contributed by atoms with Gasteiger partial charge in [0.25, 0.3) is 5.91 Å². The largest absolute Gasteiger partial charge is 0.347 e. The predicted molar refractivity (Wildman–Crippen MR) is 98.8 cm³/mol. The molecule has 0 aromatic heterocycles. The molecule has 1 amide bonds. The third kappa shape index (κ3) is 3.26. The lowest BCUT2D eigenvalue weighted by molar-refractivity contribution is -0.0167. The van der Waals surface area contributed by atoms with Crippen molar-refractivity contribution < 1.29 is 13.2 Å². The van der Waals surface area contributed by atoms with Gasteiger partial charge in [-0.3, -0.25) is 4.79 Å². The zero-order valence-electron chi connectivity index (χ0n) is 14.7. The molecular formula is C20H24N2O3S. The molecule has 0 radical (unpaired) electrons. The lowest BCUT2D eigenvalue weighted by Gasteiger charge is -2.56. The molecule has 0 unspecified atom stereocenters. The molecule has 26 heavy (non-hydrogen) atoms. The molecule has 0 spiro atoms. The van der Waals surface area contributed by atoms with E-state index in [4.69, 9.17) is 6.42 Å². The average Bonchev–Trinajstić information content (AvgIpc) is 2.58. The van der Waals surface area contributed by atoms with Crippen LogP contribution in [0.15, 0.2) is 29.2 Å². The van der Waals surface area contributed by atoms with E-state index < -0.39 is 10.0 Å². The summed E-state index contributed by atoms with van der Waals surface area (Å²) in [6.45, 7) is -0.0773. The second-order valence-corrected chi connectivity index (χ2v) is 9.98. The van der Waals surface area contributed by atoms with E-state index in [1.807, 2.05) is 0 Å². The minimum atomic E-state index is -3.70. The smallest absolute Gasteiger partial charge is 0.251 e. The van der Waals surface area contributed by atoms with Crippen LogP contribution in [-0.4, -0.2) is 26.4 Å². The number of terminal acetylenes is 1. The molecule has 5 nitrogen and oxygen atoms in total. The van der Waals surface area contributed by atoms with E-state index in [1.54, 1.807) is 12.1 Å². The third-order valence-electron chi connectivity index (χ3n) is 6.19. The Hall–Kier alpha value is -1.84. The first-order valence-electron chi connectivity index (χ1n) is 9.25. The topological polar surface area (TPSA) is 75.3 Å². The first kappa shape index (κ1) is 17.6. The summed E-state index contributed by atoms with van der Waals surface area (Å²) in [4.78, 5) is 12.9.